The summed E-state index contributed by atoms with van der Waals surface area (Å²) in [5.41, 5.74) is 2.58. The number of aryl methyl sites for hydroxylation is 1. The van der Waals surface area contributed by atoms with Crippen molar-refractivity contribution in [1.82, 2.24) is 15.2 Å². The molecule has 0 saturated carbocycles. The molecule has 0 aliphatic heterocycles. The predicted octanol–water partition coefficient (Wildman–Crippen LogP) is 3.77. The van der Waals surface area contributed by atoms with Crippen molar-refractivity contribution in [1.29, 1.82) is 0 Å². The average Bonchev–Trinajstić information content (AvgIpc) is 2.97. The van der Waals surface area contributed by atoms with Gasteiger partial charge in [-0.25, -0.2) is 0 Å². The van der Waals surface area contributed by atoms with E-state index in [9.17, 15) is 0 Å². The summed E-state index contributed by atoms with van der Waals surface area (Å²) in [7, 11) is 0. The molecule has 1 aromatic carbocycles. The van der Waals surface area contributed by atoms with E-state index in [0.717, 1.165) is 11.1 Å². The maximum Gasteiger partial charge on any atom is 0.266 e. The molecule has 0 amide bonds. The second-order valence-electron chi connectivity index (χ2n) is 4.39. The van der Waals surface area contributed by atoms with Gasteiger partial charge in [-0.05, 0) is 24.1 Å². The number of benzene rings is 1. The Morgan fingerprint density at radius 3 is 2.60 bits per heavy atom. The van der Waals surface area contributed by atoms with Crippen LogP contribution in [-0.2, 0) is 0 Å². The average molecular weight is 286 g/mol. The summed E-state index contributed by atoms with van der Waals surface area (Å²) in [4.78, 5) is 4.25. The van der Waals surface area contributed by atoms with Gasteiger partial charge in [0.25, 0.3) is 5.89 Å². The number of hydrogen-bond acceptors (Lipinski definition) is 4. The molecule has 1 unspecified atom stereocenters. The summed E-state index contributed by atoms with van der Waals surface area (Å²) < 4.78 is 5.65. The first-order valence-corrected chi connectivity index (χ1v) is 6.64. The lowest BCUT2D eigenvalue weighted by atomic mass is 10.1. The molecule has 0 N–H and O–H groups in total. The van der Waals surface area contributed by atoms with Crippen molar-refractivity contribution in [3.05, 3.63) is 65.7 Å². The fourth-order valence-electron chi connectivity index (χ4n) is 1.91. The molecule has 3 rings (SSSR count). The highest BCUT2D eigenvalue weighted by atomic mass is 35.5. The van der Waals surface area contributed by atoms with E-state index in [1.165, 1.54) is 0 Å². The molecule has 0 saturated heterocycles. The fourth-order valence-corrected chi connectivity index (χ4v) is 2.14. The Bertz CT molecular complexity index is 712. The highest BCUT2D eigenvalue weighted by Gasteiger charge is 2.19. The van der Waals surface area contributed by atoms with E-state index >= 15 is 0 Å². The molecule has 0 aliphatic rings. The lowest BCUT2D eigenvalue weighted by Gasteiger charge is -2.04. The quantitative estimate of drug-likeness (QED) is 0.687. The van der Waals surface area contributed by atoms with E-state index in [-0.39, 0.29) is 0 Å². The SMILES string of the molecule is Cc1cccnc1-c1nnc(C(Cl)c2ccccc2)o1. The lowest BCUT2D eigenvalue weighted by molar-refractivity contribution is 0.511. The van der Waals surface area contributed by atoms with E-state index in [1.807, 2.05) is 49.4 Å². The van der Waals surface area contributed by atoms with E-state index < -0.39 is 5.38 Å². The zero-order valence-electron chi connectivity index (χ0n) is 10.8. The highest BCUT2D eigenvalue weighted by molar-refractivity contribution is 6.22. The van der Waals surface area contributed by atoms with Gasteiger partial charge in [-0.15, -0.1) is 21.8 Å². The summed E-state index contributed by atoms with van der Waals surface area (Å²) in [5, 5.41) is 7.59. The van der Waals surface area contributed by atoms with Crippen LogP contribution in [0.1, 0.15) is 22.4 Å². The molecule has 0 spiro atoms. The van der Waals surface area contributed by atoms with E-state index in [1.54, 1.807) is 6.20 Å². The number of rotatable bonds is 3. The maximum atomic E-state index is 6.36. The number of aromatic nitrogens is 3. The van der Waals surface area contributed by atoms with Crippen molar-refractivity contribution in [3.8, 4) is 11.6 Å². The minimum Gasteiger partial charge on any atom is -0.417 e. The Balaban J connectivity index is 1.93. The third-order valence-corrected chi connectivity index (χ3v) is 3.40. The number of hydrogen-bond donors (Lipinski definition) is 0. The van der Waals surface area contributed by atoms with Crippen molar-refractivity contribution >= 4 is 11.6 Å². The van der Waals surface area contributed by atoms with Gasteiger partial charge in [-0.1, -0.05) is 36.4 Å². The smallest absolute Gasteiger partial charge is 0.266 e. The Morgan fingerprint density at radius 2 is 1.85 bits per heavy atom. The van der Waals surface area contributed by atoms with Crippen LogP contribution < -0.4 is 0 Å². The first-order chi connectivity index (χ1) is 9.75. The highest BCUT2D eigenvalue weighted by Crippen LogP contribution is 2.29. The van der Waals surface area contributed by atoms with Gasteiger partial charge in [0.05, 0.1) is 0 Å². The number of nitrogens with zero attached hydrogens (tertiary/aromatic N) is 3. The van der Waals surface area contributed by atoms with Gasteiger partial charge in [-0.3, -0.25) is 4.98 Å². The van der Waals surface area contributed by atoms with Crippen LogP contribution in [-0.4, -0.2) is 15.2 Å². The lowest BCUT2D eigenvalue weighted by Crippen LogP contribution is -1.92. The van der Waals surface area contributed by atoms with Crippen molar-refractivity contribution in [2.75, 3.05) is 0 Å². The molecular weight excluding hydrogens is 274 g/mol. The van der Waals surface area contributed by atoms with Gasteiger partial charge in [0.15, 0.2) is 0 Å². The summed E-state index contributed by atoms with van der Waals surface area (Å²) in [6.07, 6.45) is 1.70. The normalized spacial score (nSPS) is 12.3. The second kappa shape index (κ2) is 5.43. The summed E-state index contributed by atoms with van der Waals surface area (Å²) >= 11 is 6.36. The molecule has 100 valence electrons. The minimum atomic E-state index is -0.457. The first-order valence-electron chi connectivity index (χ1n) is 6.20. The molecule has 20 heavy (non-hydrogen) atoms. The Kier molecular flexibility index (Phi) is 3.48. The minimum absolute atomic E-state index is 0.373. The molecule has 0 bridgehead atoms. The van der Waals surface area contributed by atoms with Crippen LogP contribution in [0, 0.1) is 6.92 Å². The number of alkyl halides is 1. The van der Waals surface area contributed by atoms with Crippen molar-refractivity contribution < 1.29 is 4.42 Å². The Labute approximate surface area is 121 Å². The molecular formula is C15H12ClN3O. The monoisotopic (exact) mass is 285 g/mol. The Hall–Kier alpha value is -2.20. The van der Waals surface area contributed by atoms with Gasteiger partial charge >= 0.3 is 0 Å². The van der Waals surface area contributed by atoms with Crippen LogP contribution in [0.3, 0.4) is 0 Å². The van der Waals surface area contributed by atoms with Crippen LogP contribution in [0.5, 0.6) is 0 Å². The molecule has 2 aromatic heterocycles. The molecule has 1 atom stereocenters. The first kappa shape index (κ1) is 12.8. The summed E-state index contributed by atoms with van der Waals surface area (Å²) in [5.74, 6) is 0.762. The number of halogens is 1. The topological polar surface area (TPSA) is 51.8 Å². The van der Waals surface area contributed by atoms with Gasteiger partial charge in [0.1, 0.15) is 11.1 Å². The van der Waals surface area contributed by atoms with Crippen molar-refractivity contribution in [3.63, 3.8) is 0 Å². The molecule has 2 heterocycles. The van der Waals surface area contributed by atoms with Crippen LogP contribution in [0.15, 0.2) is 53.1 Å². The van der Waals surface area contributed by atoms with Crippen LogP contribution >= 0.6 is 11.6 Å². The molecule has 5 heteroatoms. The Morgan fingerprint density at radius 1 is 1.05 bits per heavy atom. The standard InChI is InChI=1S/C15H12ClN3O/c1-10-6-5-9-17-13(10)15-19-18-14(20-15)12(16)11-7-3-2-4-8-11/h2-9,12H,1H3. The summed E-state index contributed by atoms with van der Waals surface area (Å²) in [6.45, 7) is 1.95. The van der Waals surface area contributed by atoms with Crippen LogP contribution in [0.25, 0.3) is 11.6 Å². The van der Waals surface area contributed by atoms with Crippen molar-refractivity contribution in [2.24, 2.45) is 0 Å². The molecule has 3 aromatic rings. The van der Waals surface area contributed by atoms with E-state index in [0.29, 0.717) is 17.5 Å². The largest absolute Gasteiger partial charge is 0.417 e. The van der Waals surface area contributed by atoms with Crippen LogP contribution in [0.4, 0.5) is 0 Å². The van der Waals surface area contributed by atoms with E-state index in [2.05, 4.69) is 15.2 Å². The molecule has 4 nitrogen and oxygen atoms in total. The fraction of sp³-hybridized carbons (Fsp3) is 0.133. The van der Waals surface area contributed by atoms with E-state index in [4.69, 9.17) is 16.0 Å². The summed E-state index contributed by atoms with van der Waals surface area (Å²) in [6, 6.07) is 13.4. The van der Waals surface area contributed by atoms with Gasteiger partial charge in [-0.2, -0.15) is 0 Å². The van der Waals surface area contributed by atoms with Crippen LogP contribution in [0.2, 0.25) is 0 Å². The number of pyridine rings is 1. The zero-order valence-corrected chi connectivity index (χ0v) is 11.6. The predicted molar refractivity (Wildman–Crippen MR) is 76.4 cm³/mol. The molecule has 0 aliphatic carbocycles. The molecule has 0 fully saturated rings. The van der Waals surface area contributed by atoms with Crippen molar-refractivity contribution in [2.45, 2.75) is 12.3 Å². The maximum absolute atomic E-state index is 6.36. The third-order valence-electron chi connectivity index (χ3n) is 2.96. The van der Waals surface area contributed by atoms with Gasteiger partial charge in [0.2, 0.25) is 5.89 Å². The molecule has 0 radical (unpaired) electrons. The van der Waals surface area contributed by atoms with Gasteiger partial charge in [0, 0.05) is 6.20 Å². The second-order valence-corrected chi connectivity index (χ2v) is 4.82. The third kappa shape index (κ3) is 2.42. The zero-order chi connectivity index (χ0) is 13.9. The van der Waals surface area contributed by atoms with Gasteiger partial charge < -0.3 is 4.42 Å².